The summed E-state index contributed by atoms with van der Waals surface area (Å²) in [6, 6.07) is 0.361. The molecule has 124 valence electrons. The Kier molecular flexibility index (Phi) is 6.95. The van der Waals surface area contributed by atoms with E-state index >= 15 is 0 Å². The largest absolute Gasteiger partial charge is 0.327 e. The molecular weight excluding hydrogens is 266 g/mol. The lowest BCUT2D eigenvalue weighted by molar-refractivity contribution is 0.304. The van der Waals surface area contributed by atoms with Gasteiger partial charge in [-0.3, -0.25) is 0 Å². The van der Waals surface area contributed by atoms with Crippen LogP contribution in [-0.4, -0.2) is 6.04 Å². The summed E-state index contributed by atoms with van der Waals surface area (Å²) < 4.78 is 0. The molecule has 5 atom stereocenters. The molecule has 0 aliphatic heterocycles. The molecule has 1 nitrogen and oxygen atoms in total. The van der Waals surface area contributed by atoms with Gasteiger partial charge in [0.15, 0.2) is 0 Å². The van der Waals surface area contributed by atoms with Gasteiger partial charge in [0.25, 0.3) is 0 Å². The van der Waals surface area contributed by atoms with Crippen molar-refractivity contribution in [3.63, 3.8) is 0 Å². The van der Waals surface area contributed by atoms with Crippen LogP contribution >= 0.6 is 0 Å². The summed E-state index contributed by atoms with van der Waals surface area (Å²) in [5, 5.41) is 0. The van der Waals surface area contributed by atoms with Crippen molar-refractivity contribution >= 4 is 0 Å². The first kappa shape index (κ1) is 17.5. The van der Waals surface area contributed by atoms with Gasteiger partial charge >= 0.3 is 0 Å². The van der Waals surface area contributed by atoms with Crippen molar-refractivity contribution in [2.24, 2.45) is 29.4 Å². The zero-order chi connectivity index (χ0) is 15.9. The molecule has 0 amide bonds. The Morgan fingerprint density at radius 2 is 1.86 bits per heavy atom. The fraction of sp³-hybridized carbons (Fsp3) is 0.714. The highest BCUT2D eigenvalue weighted by Gasteiger charge is 2.39. The van der Waals surface area contributed by atoms with Crippen molar-refractivity contribution in [3.05, 3.63) is 36.0 Å². The van der Waals surface area contributed by atoms with Crippen LogP contribution in [0.3, 0.4) is 0 Å². The number of rotatable bonds is 7. The minimum atomic E-state index is 0.361. The molecular formula is C21H35N. The molecule has 1 saturated carbocycles. The molecule has 0 radical (unpaired) electrons. The molecule has 0 bridgehead atoms. The minimum Gasteiger partial charge on any atom is -0.327 e. The topological polar surface area (TPSA) is 26.0 Å². The first-order chi connectivity index (χ1) is 10.6. The van der Waals surface area contributed by atoms with Crippen molar-refractivity contribution < 1.29 is 0 Å². The van der Waals surface area contributed by atoms with Crippen LogP contribution in [0.1, 0.15) is 65.7 Å². The maximum Gasteiger partial charge on any atom is 0.00810 e. The summed E-state index contributed by atoms with van der Waals surface area (Å²) in [5.41, 5.74) is 7.91. The highest BCUT2D eigenvalue weighted by molar-refractivity contribution is 5.29. The van der Waals surface area contributed by atoms with E-state index in [1.807, 2.05) is 0 Å². The first-order valence-corrected chi connectivity index (χ1v) is 9.44. The Balaban J connectivity index is 1.86. The van der Waals surface area contributed by atoms with E-state index in [9.17, 15) is 0 Å². The van der Waals surface area contributed by atoms with Crippen LogP contribution in [0.15, 0.2) is 36.0 Å². The molecule has 1 fully saturated rings. The van der Waals surface area contributed by atoms with Crippen molar-refractivity contribution in [1.82, 2.24) is 0 Å². The molecule has 22 heavy (non-hydrogen) atoms. The van der Waals surface area contributed by atoms with Crippen molar-refractivity contribution in [1.29, 1.82) is 0 Å². The van der Waals surface area contributed by atoms with Gasteiger partial charge in [-0.15, -0.1) is 0 Å². The quantitative estimate of drug-likeness (QED) is 0.605. The second kappa shape index (κ2) is 8.72. The van der Waals surface area contributed by atoms with Crippen molar-refractivity contribution in [2.75, 3.05) is 0 Å². The number of hydrogen-bond donors (Lipinski definition) is 1. The molecule has 0 saturated heterocycles. The zero-order valence-corrected chi connectivity index (χ0v) is 14.8. The third-order valence-electron chi connectivity index (χ3n) is 5.83. The van der Waals surface area contributed by atoms with E-state index in [4.69, 9.17) is 5.73 Å². The second-order valence-corrected chi connectivity index (χ2v) is 7.54. The molecule has 1 heteroatoms. The van der Waals surface area contributed by atoms with Crippen LogP contribution in [0.5, 0.6) is 0 Å². The van der Waals surface area contributed by atoms with E-state index in [0.717, 1.165) is 11.8 Å². The predicted octanol–water partition coefficient (Wildman–Crippen LogP) is 5.63. The van der Waals surface area contributed by atoms with E-state index in [1.165, 1.54) is 50.5 Å². The predicted molar refractivity (Wildman–Crippen MR) is 97.6 cm³/mol. The van der Waals surface area contributed by atoms with Gasteiger partial charge in [-0.2, -0.15) is 0 Å². The SMILES string of the molecule is CCCCCCCC1=CC=CC(C2C(N)CC(C)C2C)C=C1. The van der Waals surface area contributed by atoms with Crippen LogP contribution < -0.4 is 5.73 Å². The molecule has 2 aliphatic carbocycles. The molecule has 0 heterocycles. The molecule has 2 aliphatic rings. The van der Waals surface area contributed by atoms with Crippen LogP contribution in [0.25, 0.3) is 0 Å². The molecule has 0 aromatic heterocycles. The van der Waals surface area contributed by atoms with Gasteiger partial charge in [0.2, 0.25) is 0 Å². The second-order valence-electron chi connectivity index (χ2n) is 7.54. The fourth-order valence-corrected chi connectivity index (χ4v) is 4.22. The Bertz CT molecular complexity index is 418. The molecule has 0 aromatic carbocycles. The van der Waals surface area contributed by atoms with E-state index < -0.39 is 0 Å². The number of unbranched alkanes of at least 4 members (excludes halogenated alkanes) is 4. The van der Waals surface area contributed by atoms with Gasteiger partial charge < -0.3 is 5.73 Å². The highest BCUT2D eigenvalue weighted by atomic mass is 14.7. The van der Waals surface area contributed by atoms with Gasteiger partial charge in [0, 0.05) is 6.04 Å². The number of hydrogen-bond acceptors (Lipinski definition) is 1. The lowest BCUT2D eigenvalue weighted by Crippen LogP contribution is -2.31. The lowest BCUT2D eigenvalue weighted by atomic mass is 9.80. The van der Waals surface area contributed by atoms with E-state index in [1.54, 1.807) is 0 Å². The van der Waals surface area contributed by atoms with Crippen LogP contribution in [0, 0.1) is 23.7 Å². The maximum absolute atomic E-state index is 6.42. The molecule has 0 spiro atoms. The van der Waals surface area contributed by atoms with E-state index in [2.05, 4.69) is 51.2 Å². The summed E-state index contributed by atoms with van der Waals surface area (Å²) in [6.45, 7) is 7.02. The van der Waals surface area contributed by atoms with E-state index in [0.29, 0.717) is 17.9 Å². The average molecular weight is 302 g/mol. The van der Waals surface area contributed by atoms with Gasteiger partial charge in [-0.25, -0.2) is 0 Å². The summed E-state index contributed by atoms with van der Waals surface area (Å²) >= 11 is 0. The zero-order valence-electron chi connectivity index (χ0n) is 14.8. The van der Waals surface area contributed by atoms with Crippen LogP contribution in [0.2, 0.25) is 0 Å². The molecule has 0 aromatic rings. The lowest BCUT2D eigenvalue weighted by Gasteiger charge is -2.26. The molecule has 5 unspecified atom stereocenters. The summed E-state index contributed by atoms with van der Waals surface area (Å²) in [6.07, 6.45) is 20.9. The molecule has 2 N–H and O–H groups in total. The normalized spacial score (nSPS) is 34.7. The van der Waals surface area contributed by atoms with Crippen molar-refractivity contribution in [3.8, 4) is 0 Å². The van der Waals surface area contributed by atoms with Crippen LogP contribution in [0.4, 0.5) is 0 Å². The number of nitrogens with two attached hydrogens (primary N) is 1. The Morgan fingerprint density at radius 1 is 1.09 bits per heavy atom. The Hall–Kier alpha value is -0.820. The summed E-state index contributed by atoms with van der Waals surface area (Å²) in [4.78, 5) is 0. The Labute approximate surface area is 137 Å². The third kappa shape index (κ3) is 4.59. The van der Waals surface area contributed by atoms with E-state index in [-0.39, 0.29) is 0 Å². The summed E-state index contributed by atoms with van der Waals surface area (Å²) in [7, 11) is 0. The fourth-order valence-electron chi connectivity index (χ4n) is 4.22. The van der Waals surface area contributed by atoms with Gasteiger partial charge in [0.1, 0.15) is 0 Å². The highest BCUT2D eigenvalue weighted by Crippen LogP contribution is 2.41. The summed E-state index contributed by atoms with van der Waals surface area (Å²) in [5.74, 6) is 2.62. The van der Waals surface area contributed by atoms with Gasteiger partial charge in [0.05, 0.1) is 0 Å². The van der Waals surface area contributed by atoms with Gasteiger partial charge in [-0.1, -0.05) is 76.8 Å². The van der Waals surface area contributed by atoms with Gasteiger partial charge in [-0.05, 0) is 48.5 Å². The standard InChI is InChI=1S/C21H35N/c1-4-5-6-7-8-10-18-11-9-12-19(14-13-18)21-17(3)16(2)15-20(21)22/h9,11-14,16-17,19-21H,4-8,10,15,22H2,1-3H3. The molecule has 2 rings (SSSR count). The third-order valence-corrected chi connectivity index (χ3v) is 5.83. The first-order valence-electron chi connectivity index (χ1n) is 9.44. The Morgan fingerprint density at radius 3 is 2.55 bits per heavy atom. The number of allylic oxidation sites excluding steroid dienone is 6. The average Bonchev–Trinajstić information content (AvgIpc) is 2.68. The monoisotopic (exact) mass is 301 g/mol. The van der Waals surface area contributed by atoms with Crippen molar-refractivity contribution in [2.45, 2.75) is 71.8 Å². The minimum absolute atomic E-state index is 0.361. The maximum atomic E-state index is 6.42. The van der Waals surface area contributed by atoms with Crippen LogP contribution in [-0.2, 0) is 0 Å². The smallest absolute Gasteiger partial charge is 0.00810 e.